The van der Waals surface area contributed by atoms with Gasteiger partial charge in [-0.15, -0.1) is 0 Å². The summed E-state index contributed by atoms with van der Waals surface area (Å²) in [6.07, 6.45) is 3.08. The maximum absolute atomic E-state index is 6.82. The molecule has 5 nitrogen and oxygen atoms in total. The van der Waals surface area contributed by atoms with Crippen molar-refractivity contribution in [3.63, 3.8) is 0 Å². The summed E-state index contributed by atoms with van der Waals surface area (Å²) in [5.41, 5.74) is 10.2. The first-order valence-electron chi connectivity index (χ1n) is 10.1. The molecule has 0 radical (unpaired) electrons. The molecule has 31 heavy (non-hydrogen) atoms. The van der Waals surface area contributed by atoms with Gasteiger partial charge in [-0.25, -0.2) is 9.97 Å². The van der Waals surface area contributed by atoms with Crippen LogP contribution in [0.3, 0.4) is 0 Å². The van der Waals surface area contributed by atoms with Gasteiger partial charge in [0.1, 0.15) is 17.4 Å². The molecule has 0 unspecified atom stereocenters. The van der Waals surface area contributed by atoms with Crippen molar-refractivity contribution >= 4 is 16.9 Å². The Labute approximate surface area is 180 Å². The van der Waals surface area contributed by atoms with E-state index < -0.39 is 5.60 Å². The number of nitrogens with two attached hydrogens (primary N) is 1. The van der Waals surface area contributed by atoms with E-state index in [0.29, 0.717) is 16.9 Å². The Hall–Kier alpha value is -3.96. The van der Waals surface area contributed by atoms with E-state index in [9.17, 15) is 0 Å². The van der Waals surface area contributed by atoms with Crippen molar-refractivity contribution in [3.05, 3.63) is 126 Å². The Kier molecular flexibility index (Phi) is 4.94. The molecule has 152 valence electrons. The second kappa shape index (κ2) is 8.05. The SMILES string of the molecule is Nc1ncnc2c(COC(c3ccccc3)(c3ccccc3)c3ccccc3)coc12. The van der Waals surface area contributed by atoms with Gasteiger partial charge in [0.15, 0.2) is 11.4 Å². The van der Waals surface area contributed by atoms with Crippen LogP contribution in [0.15, 0.2) is 108 Å². The molecule has 2 N–H and O–H groups in total. The molecular weight excluding hydrogens is 386 g/mol. The smallest absolute Gasteiger partial charge is 0.194 e. The minimum absolute atomic E-state index is 0.280. The van der Waals surface area contributed by atoms with Gasteiger partial charge in [-0.1, -0.05) is 91.0 Å². The van der Waals surface area contributed by atoms with Gasteiger partial charge in [-0.05, 0) is 16.7 Å². The second-order valence-corrected chi connectivity index (χ2v) is 7.27. The predicted octanol–water partition coefficient (Wildman–Crippen LogP) is 5.31. The van der Waals surface area contributed by atoms with Gasteiger partial charge in [0.05, 0.1) is 12.9 Å². The lowest BCUT2D eigenvalue weighted by Gasteiger charge is -2.35. The van der Waals surface area contributed by atoms with Crippen molar-refractivity contribution < 1.29 is 9.15 Å². The van der Waals surface area contributed by atoms with Crippen LogP contribution in [-0.4, -0.2) is 9.97 Å². The van der Waals surface area contributed by atoms with Gasteiger partial charge >= 0.3 is 0 Å². The monoisotopic (exact) mass is 407 g/mol. The average Bonchev–Trinajstić information content (AvgIpc) is 3.26. The van der Waals surface area contributed by atoms with Crippen molar-refractivity contribution in [1.29, 1.82) is 0 Å². The second-order valence-electron chi connectivity index (χ2n) is 7.27. The number of ether oxygens (including phenoxy) is 1. The van der Waals surface area contributed by atoms with Crippen LogP contribution < -0.4 is 5.73 Å². The maximum Gasteiger partial charge on any atom is 0.194 e. The first kappa shape index (κ1) is 19.0. The molecule has 0 amide bonds. The van der Waals surface area contributed by atoms with Gasteiger partial charge < -0.3 is 14.9 Å². The third-order valence-electron chi connectivity index (χ3n) is 5.44. The lowest BCUT2D eigenvalue weighted by Crippen LogP contribution is -2.32. The number of hydrogen-bond donors (Lipinski definition) is 1. The number of nitrogens with zero attached hydrogens (tertiary/aromatic N) is 2. The first-order valence-corrected chi connectivity index (χ1v) is 10.1. The van der Waals surface area contributed by atoms with Gasteiger partial charge in [-0.3, -0.25) is 0 Å². The molecule has 5 rings (SSSR count). The van der Waals surface area contributed by atoms with Gasteiger partial charge in [0, 0.05) is 5.56 Å². The topological polar surface area (TPSA) is 74.2 Å². The van der Waals surface area contributed by atoms with Crippen molar-refractivity contribution in [2.45, 2.75) is 12.2 Å². The first-order chi connectivity index (χ1) is 15.3. The molecule has 0 saturated heterocycles. The Morgan fingerprint density at radius 2 is 1.26 bits per heavy atom. The Morgan fingerprint density at radius 3 is 1.77 bits per heavy atom. The molecule has 2 heterocycles. The number of furan rings is 1. The van der Waals surface area contributed by atoms with Crippen LogP contribution in [0.25, 0.3) is 11.1 Å². The summed E-state index contributed by atoms with van der Waals surface area (Å²) in [5, 5.41) is 0. The number of rotatable bonds is 6. The van der Waals surface area contributed by atoms with Crippen LogP contribution in [0, 0.1) is 0 Å². The van der Waals surface area contributed by atoms with Gasteiger partial charge in [0.25, 0.3) is 0 Å². The number of hydrogen-bond acceptors (Lipinski definition) is 5. The van der Waals surface area contributed by atoms with E-state index >= 15 is 0 Å². The summed E-state index contributed by atoms with van der Waals surface area (Å²) >= 11 is 0. The van der Waals surface area contributed by atoms with Crippen LogP contribution in [0.2, 0.25) is 0 Å². The molecule has 0 spiro atoms. The van der Waals surface area contributed by atoms with Crippen LogP contribution >= 0.6 is 0 Å². The molecule has 5 heteroatoms. The zero-order valence-corrected chi connectivity index (χ0v) is 16.8. The van der Waals surface area contributed by atoms with E-state index in [2.05, 4.69) is 46.4 Å². The molecular formula is C26H21N3O2. The molecule has 0 saturated carbocycles. The van der Waals surface area contributed by atoms with Gasteiger partial charge in [0.2, 0.25) is 0 Å². The number of anilines is 1. The molecule has 0 atom stereocenters. The number of benzene rings is 3. The van der Waals surface area contributed by atoms with Crippen LogP contribution in [-0.2, 0) is 16.9 Å². The molecule has 2 aromatic heterocycles. The van der Waals surface area contributed by atoms with Crippen molar-refractivity contribution in [2.75, 3.05) is 5.73 Å². The summed E-state index contributed by atoms with van der Waals surface area (Å²) in [7, 11) is 0. The fourth-order valence-corrected chi connectivity index (χ4v) is 3.98. The summed E-state index contributed by atoms with van der Waals surface area (Å²) in [6.45, 7) is 0.280. The summed E-state index contributed by atoms with van der Waals surface area (Å²) < 4.78 is 12.5. The minimum atomic E-state index is -0.814. The van der Waals surface area contributed by atoms with Gasteiger partial charge in [-0.2, -0.15) is 0 Å². The lowest BCUT2D eigenvalue weighted by atomic mass is 9.80. The fourth-order valence-electron chi connectivity index (χ4n) is 3.98. The van der Waals surface area contributed by atoms with E-state index in [1.54, 1.807) is 6.26 Å². The lowest BCUT2D eigenvalue weighted by molar-refractivity contribution is 0.000464. The fraction of sp³-hybridized carbons (Fsp3) is 0.0769. The van der Waals surface area contributed by atoms with E-state index in [1.807, 2.05) is 54.6 Å². The predicted molar refractivity (Wildman–Crippen MR) is 120 cm³/mol. The number of aromatic nitrogens is 2. The highest BCUT2D eigenvalue weighted by Gasteiger charge is 2.37. The van der Waals surface area contributed by atoms with E-state index in [-0.39, 0.29) is 6.61 Å². The average molecular weight is 407 g/mol. The normalized spacial score (nSPS) is 11.6. The third-order valence-corrected chi connectivity index (χ3v) is 5.44. The third kappa shape index (κ3) is 3.35. The summed E-state index contributed by atoms with van der Waals surface area (Å²) in [5.74, 6) is 0.316. The Morgan fingerprint density at radius 1 is 0.742 bits per heavy atom. The highest BCUT2D eigenvalue weighted by atomic mass is 16.5. The minimum Gasteiger partial charge on any atom is -0.458 e. The molecule has 0 aliphatic heterocycles. The highest BCUT2D eigenvalue weighted by molar-refractivity contribution is 5.84. The summed E-state index contributed by atoms with van der Waals surface area (Å²) in [4.78, 5) is 8.36. The Balaban J connectivity index is 1.67. The van der Waals surface area contributed by atoms with Crippen LogP contribution in [0.1, 0.15) is 22.3 Å². The summed E-state index contributed by atoms with van der Waals surface area (Å²) in [6, 6.07) is 30.7. The van der Waals surface area contributed by atoms with Crippen LogP contribution in [0.4, 0.5) is 5.82 Å². The number of fused-ring (bicyclic) bond motifs is 1. The van der Waals surface area contributed by atoms with Crippen molar-refractivity contribution in [3.8, 4) is 0 Å². The van der Waals surface area contributed by atoms with E-state index in [0.717, 1.165) is 22.3 Å². The molecule has 0 fully saturated rings. The Bertz CT molecular complexity index is 1190. The molecule has 0 aliphatic rings. The quantitative estimate of drug-likeness (QED) is 0.386. The van der Waals surface area contributed by atoms with E-state index in [4.69, 9.17) is 14.9 Å². The van der Waals surface area contributed by atoms with Crippen LogP contribution in [0.5, 0.6) is 0 Å². The zero-order chi connectivity index (χ0) is 21.1. The zero-order valence-electron chi connectivity index (χ0n) is 16.8. The number of nitrogen functional groups attached to an aromatic ring is 1. The van der Waals surface area contributed by atoms with E-state index in [1.165, 1.54) is 6.33 Å². The standard InChI is InChI=1S/C26H21N3O2/c27-25-24-23(28-18-29-25)19(16-30-24)17-31-26(20-10-4-1-5-11-20,21-12-6-2-7-13-21)22-14-8-3-9-15-22/h1-16,18H,17H2,(H2,27,28,29). The van der Waals surface area contributed by atoms with Crippen molar-refractivity contribution in [1.82, 2.24) is 9.97 Å². The maximum atomic E-state index is 6.82. The molecule has 3 aromatic carbocycles. The molecule has 0 aliphatic carbocycles. The largest absolute Gasteiger partial charge is 0.458 e. The molecule has 0 bridgehead atoms. The highest BCUT2D eigenvalue weighted by Crippen LogP contribution is 2.41. The van der Waals surface area contributed by atoms with Crippen molar-refractivity contribution in [2.24, 2.45) is 0 Å². The molecule has 5 aromatic rings.